The fraction of sp³-hybridized carbons (Fsp3) is 0.345. The van der Waals surface area contributed by atoms with Crippen molar-refractivity contribution in [3.05, 3.63) is 84.4 Å². The van der Waals surface area contributed by atoms with Crippen LogP contribution >= 0.6 is 0 Å². The number of rotatable bonds is 14. The fourth-order valence-electron chi connectivity index (χ4n) is 4.79. The van der Waals surface area contributed by atoms with Gasteiger partial charge in [-0.15, -0.1) is 0 Å². The number of ether oxygens (including phenoxy) is 2. The zero-order chi connectivity index (χ0) is 29.3. The van der Waals surface area contributed by atoms with Gasteiger partial charge < -0.3 is 9.47 Å². The molecule has 0 spiro atoms. The van der Waals surface area contributed by atoms with Crippen LogP contribution in [-0.4, -0.2) is 52.7 Å². The van der Waals surface area contributed by atoms with Crippen molar-refractivity contribution in [1.82, 2.24) is 5.48 Å². The van der Waals surface area contributed by atoms with Gasteiger partial charge in [0.2, 0.25) is 5.91 Å². The van der Waals surface area contributed by atoms with Crippen LogP contribution in [0.3, 0.4) is 0 Å². The Hall–Kier alpha value is -3.41. The number of amides is 1. The fourth-order valence-corrected chi connectivity index (χ4v) is 8.66. The molecule has 216 valence electrons. The van der Waals surface area contributed by atoms with Crippen LogP contribution in [0.15, 0.2) is 88.7 Å². The Labute approximate surface area is 235 Å². The third-order valence-electron chi connectivity index (χ3n) is 7.01. The van der Waals surface area contributed by atoms with E-state index in [0.29, 0.717) is 25.0 Å². The Bertz CT molecular complexity index is 1480. The summed E-state index contributed by atoms with van der Waals surface area (Å²) in [7, 11) is -5.69. The molecule has 0 saturated carbocycles. The molecule has 0 heterocycles. The number of unbranched alkanes of at least 4 members (excludes halogenated alkanes) is 1. The molecule has 40 heavy (non-hydrogen) atoms. The van der Waals surface area contributed by atoms with Gasteiger partial charge in [0.15, 0.2) is 31.2 Å². The van der Waals surface area contributed by atoms with Crippen LogP contribution < -0.4 is 15.0 Å². The van der Waals surface area contributed by atoms with Crippen molar-refractivity contribution in [2.24, 2.45) is 5.92 Å². The molecule has 0 bridgehead atoms. The van der Waals surface area contributed by atoms with E-state index in [2.05, 4.69) is 0 Å². The molecular formula is C29H35NO8S2. The second-order valence-corrected chi connectivity index (χ2v) is 13.9. The van der Waals surface area contributed by atoms with Crippen molar-refractivity contribution in [2.45, 2.75) is 52.9 Å². The maximum absolute atomic E-state index is 14.1. The van der Waals surface area contributed by atoms with Crippen LogP contribution in [-0.2, 0) is 30.9 Å². The Morgan fingerprint density at radius 3 is 1.98 bits per heavy atom. The highest BCUT2D eigenvalue weighted by molar-refractivity contribution is 7.93. The Morgan fingerprint density at radius 2 is 1.40 bits per heavy atom. The minimum atomic E-state index is -4.32. The molecule has 0 aliphatic rings. The minimum absolute atomic E-state index is 0.0176. The zero-order valence-corrected chi connectivity index (χ0v) is 24.3. The molecule has 0 radical (unpaired) electrons. The summed E-state index contributed by atoms with van der Waals surface area (Å²) in [5.41, 5.74) is 2.59. The monoisotopic (exact) mass is 589 g/mol. The summed E-state index contributed by atoms with van der Waals surface area (Å²) >= 11 is 0. The maximum atomic E-state index is 14.1. The highest BCUT2D eigenvalue weighted by Crippen LogP contribution is 2.36. The number of hydrogen-bond donors (Lipinski definition) is 2. The lowest BCUT2D eigenvalue weighted by molar-refractivity contribution is -0.133. The number of aryl methyl sites for hydroxylation is 1. The van der Waals surface area contributed by atoms with Crippen LogP contribution in [0.25, 0.3) is 0 Å². The summed E-state index contributed by atoms with van der Waals surface area (Å²) in [4.78, 5) is 12.9. The van der Waals surface area contributed by atoms with E-state index in [9.17, 15) is 26.8 Å². The molecule has 2 N–H and O–H groups in total. The maximum Gasteiger partial charge on any atom is 0.249 e. The predicted octanol–water partition coefficient (Wildman–Crippen LogP) is 4.24. The second-order valence-electron chi connectivity index (χ2n) is 9.40. The van der Waals surface area contributed by atoms with Gasteiger partial charge in [0.1, 0.15) is 0 Å². The van der Waals surface area contributed by atoms with Crippen molar-refractivity contribution < 1.29 is 36.3 Å². The third kappa shape index (κ3) is 7.01. The molecule has 1 amide bonds. The number of benzene rings is 3. The van der Waals surface area contributed by atoms with Crippen LogP contribution in [0.1, 0.15) is 31.7 Å². The van der Waals surface area contributed by atoms with Gasteiger partial charge in [-0.3, -0.25) is 10.0 Å². The molecule has 0 fully saturated rings. The smallest absolute Gasteiger partial charge is 0.249 e. The Kier molecular flexibility index (Phi) is 10.7. The van der Waals surface area contributed by atoms with Gasteiger partial charge in [0, 0.05) is 6.07 Å². The number of hydroxylamine groups is 1. The van der Waals surface area contributed by atoms with E-state index in [1.165, 1.54) is 57.0 Å². The lowest BCUT2D eigenvalue weighted by Crippen LogP contribution is -2.48. The van der Waals surface area contributed by atoms with Gasteiger partial charge in [-0.1, -0.05) is 55.0 Å². The third-order valence-corrected chi connectivity index (χ3v) is 11.4. The van der Waals surface area contributed by atoms with E-state index >= 15 is 0 Å². The van der Waals surface area contributed by atoms with Crippen LogP contribution in [0.5, 0.6) is 11.5 Å². The summed E-state index contributed by atoms with van der Waals surface area (Å²) < 4.78 is 65.9. The molecule has 0 aromatic heterocycles. The topological polar surface area (TPSA) is 136 Å². The van der Waals surface area contributed by atoms with E-state index < -0.39 is 42.0 Å². The first kappa shape index (κ1) is 31.1. The van der Waals surface area contributed by atoms with E-state index in [4.69, 9.17) is 9.47 Å². The number of nitrogens with one attached hydrogen (secondary N) is 1. The summed E-state index contributed by atoms with van der Waals surface area (Å²) in [6.07, 6.45) is 1.66. The first-order valence-corrected chi connectivity index (χ1v) is 15.9. The molecule has 3 atom stereocenters. The molecule has 0 aliphatic heterocycles. The van der Waals surface area contributed by atoms with Crippen LogP contribution in [0.4, 0.5) is 0 Å². The molecule has 3 rings (SSSR count). The number of sulfone groups is 2. The Morgan fingerprint density at radius 1 is 0.800 bits per heavy atom. The first-order chi connectivity index (χ1) is 19.1. The number of methoxy groups -OCH3 is 2. The first-order valence-electron chi connectivity index (χ1n) is 12.8. The molecule has 0 saturated heterocycles. The number of carbonyl (C=O) groups excluding carboxylic acids is 1. The molecule has 3 aromatic rings. The summed E-state index contributed by atoms with van der Waals surface area (Å²) in [6, 6.07) is 21.2. The van der Waals surface area contributed by atoms with Gasteiger partial charge >= 0.3 is 0 Å². The highest BCUT2D eigenvalue weighted by Gasteiger charge is 2.46. The SMILES string of the molecule is COc1ccc(S(=O)(=O)[C@H](CCCCc2ccccc2)[C@@H](C(=O)NO)C(C)S(=O)(=O)c2ccccc2)cc1OC. The van der Waals surface area contributed by atoms with Gasteiger partial charge in [0.25, 0.3) is 0 Å². The van der Waals surface area contributed by atoms with Crippen LogP contribution in [0.2, 0.25) is 0 Å². The molecule has 1 unspecified atom stereocenters. The number of hydrogen-bond acceptors (Lipinski definition) is 8. The lowest BCUT2D eigenvalue weighted by atomic mass is 9.95. The lowest BCUT2D eigenvalue weighted by Gasteiger charge is -2.30. The average Bonchev–Trinajstić information content (AvgIpc) is 2.98. The summed E-state index contributed by atoms with van der Waals surface area (Å²) in [5, 5.41) is 6.67. The van der Waals surface area contributed by atoms with E-state index in [-0.39, 0.29) is 22.0 Å². The summed E-state index contributed by atoms with van der Waals surface area (Å²) in [5.74, 6) is -2.24. The van der Waals surface area contributed by atoms with Gasteiger partial charge in [-0.2, -0.15) is 0 Å². The van der Waals surface area contributed by atoms with Crippen LogP contribution in [0, 0.1) is 5.92 Å². The predicted molar refractivity (Wildman–Crippen MR) is 151 cm³/mol. The van der Waals surface area contributed by atoms with Crippen molar-refractivity contribution in [3.63, 3.8) is 0 Å². The van der Waals surface area contributed by atoms with E-state index in [1.807, 2.05) is 30.3 Å². The Balaban J connectivity index is 2.06. The van der Waals surface area contributed by atoms with Crippen molar-refractivity contribution >= 4 is 25.6 Å². The number of carbonyl (C=O) groups is 1. The van der Waals surface area contributed by atoms with Gasteiger partial charge in [-0.25, -0.2) is 22.3 Å². The largest absolute Gasteiger partial charge is 0.493 e. The second kappa shape index (κ2) is 13.8. The van der Waals surface area contributed by atoms with E-state index in [0.717, 1.165) is 5.56 Å². The molecule has 11 heteroatoms. The summed E-state index contributed by atoms with van der Waals surface area (Å²) in [6.45, 7) is 1.29. The van der Waals surface area contributed by atoms with Gasteiger partial charge in [0.05, 0.1) is 40.4 Å². The van der Waals surface area contributed by atoms with Crippen molar-refractivity contribution in [1.29, 1.82) is 0 Å². The van der Waals surface area contributed by atoms with Crippen molar-refractivity contribution in [2.75, 3.05) is 14.2 Å². The van der Waals surface area contributed by atoms with Crippen molar-refractivity contribution in [3.8, 4) is 11.5 Å². The highest BCUT2D eigenvalue weighted by atomic mass is 32.2. The quantitative estimate of drug-likeness (QED) is 0.162. The molecule has 3 aromatic carbocycles. The molecule has 0 aliphatic carbocycles. The molecule has 9 nitrogen and oxygen atoms in total. The van der Waals surface area contributed by atoms with Gasteiger partial charge in [-0.05, 0) is 56.0 Å². The average molecular weight is 590 g/mol. The normalized spacial score (nSPS) is 14.1. The van der Waals surface area contributed by atoms with E-state index in [1.54, 1.807) is 18.2 Å². The minimum Gasteiger partial charge on any atom is -0.493 e. The molecular weight excluding hydrogens is 554 g/mol. The standard InChI is InChI=1S/C29H35NO8S2/c1-21(39(33,34)23-15-8-5-9-16-23)28(29(31)30-32)27(17-11-10-14-22-12-6-4-7-13-22)40(35,36)24-18-19-25(37-2)26(20-24)38-3/h4-9,12-13,15-16,18-21,27-28,32H,10-11,14,17H2,1-3H3,(H,30,31)/t21?,27-,28+/m1/s1. The zero-order valence-electron chi connectivity index (χ0n) is 22.7.